The number of aryl methyl sites for hydroxylation is 2. The van der Waals surface area contributed by atoms with Crippen molar-refractivity contribution in [3.05, 3.63) is 104 Å². The summed E-state index contributed by atoms with van der Waals surface area (Å²) < 4.78 is 10.0. The number of nitrogens with zero attached hydrogens (tertiary/aromatic N) is 5. The van der Waals surface area contributed by atoms with Crippen LogP contribution in [0.5, 0.6) is 5.75 Å². The Kier molecular flexibility index (Phi) is 8.26. The van der Waals surface area contributed by atoms with E-state index in [1.165, 1.54) is 11.6 Å². The predicted octanol–water partition coefficient (Wildman–Crippen LogP) is 8.40. The van der Waals surface area contributed by atoms with Crippen LogP contribution in [-0.2, 0) is 13.1 Å². The number of nitro benzene ring substituents is 1. The molecule has 0 saturated carbocycles. The van der Waals surface area contributed by atoms with E-state index in [1.54, 1.807) is 23.6 Å². The molecular formula is C34H31Cl2N5O4. The molecule has 3 heterocycles. The van der Waals surface area contributed by atoms with E-state index < -0.39 is 11.0 Å². The normalized spacial score (nSPS) is 14.6. The highest BCUT2D eigenvalue weighted by Crippen LogP contribution is 2.41. The highest BCUT2D eigenvalue weighted by molar-refractivity contribution is 6.33. The zero-order chi connectivity index (χ0) is 32.0. The smallest absolute Gasteiger partial charge is 0.298 e. The van der Waals surface area contributed by atoms with E-state index in [1.807, 2.05) is 43.3 Å². The number of imidazole rings is 2. The minimum Gasteiger partial charge on any atom is -0.487 e. The summed E-state index contributed by atoms with van der Waals surface area (Å²) in [4.78, 5) is 20.4. The Hall–Kier alpha value is -4.44. The second kappa shape index (κ2) is 12.2. The summed E-state index contributed by atoms with van der Waals surface area (Å²) in [7, 11) is 0. The van der Waals surface area contributed by atoms with Crippen LogP contribution < -0.4 is 4.74 Å². The van der Waals surface area contributed by atoms with Crippen molar-refractivity contribution in [1.82, 2.24) is 19.1 Å². The Bertz CT molecular complexity index is 2090. The highest BCUT2D eigenvalue weighted by atomic mass is 35.5. The fourth-order valence-corrected chi connectivity index (χ4v) is 6.26. The lowest BCUT2D eigenvalue weighted by Crippen LogP contribution is -2.17. The third-order valence-electron chi connectivity index (χ3n) is 7.78. The first-order valence-electron chi connectivity index (χ1n) is 14.5. The summed E-state index contributed by atoms with van der Waals surface area (Å²) in [5, 5.41) is 22.0. The quantitative estimate of drug-likeness (QED) is 0.153. The van der Waals surface area contributed by atoms with E-state index in [9.17, 15) is 15.2 Å². The third-order valence-corrected chi connectivity index (χ3v) is 8.39. The van der Waals surface area contributed by atoms with E-state index in [0.717, 1.165) is 51.3 Å². The molecule has 1 N–H and O–H groups in total. The molecule has 2 aromatic heterocycles. The van der Waals surface area contributed by atoms with Gasteiger partial charge in [-0.15, -0.1) is 0 Å². The molecule has 0 aliphatic carbocycles. The molecule has 2 unspecified atom stereocenters. The monoisotopic (exact) mass is 643 g/mol. The van der Waals surface area contributed by atoms with Gasteiger partial charge in [-0.25, -0.2) is 9.97 Å². The lowest BCUT2D eigenvalue weighted by atomic mass is 10.1. The van der Waals surface area contributed by atoms with Gasteiger partial charge in [0.2, 0.25) is 0 Å². The summed E-state index contributed by atoms with van der Waals surface area (Å²) in [5.74, 6) is 2.09. The van der Waals surface area contributed by atoms with Crippen LogP contribution in [0.2, 0.25) is 10.0 Å². The number of hydrogen-bond donors (Lipinski definition) is 1. The van der Waals surface area contributed by atoms with Crippen molar-refractivity contribution in [2.24, 2.45) is 0 Å². The molecule has 0 amide bonds. The van der Waals surface area contributed by atoms with Crippen LogP contribution in [0.25, 0.3) is 44.8 Å². The van der Waals surface area contributed by atoms with E-state index in [0.29, 0.717) is 16.4 Å². The van der Waals surface area contributed by atoms with Crippen LogP contribution in [0, 0.1) is 24.0 Å². The zero-order valence-electron chi connectivity index (χ0n) is 25.2. The second-order valence-corrected chi connectivity index (χ2v) is 12.1. The number of ether oxygens (including phenoxy) is 1. The third kappa shape index (κ3) is 5.63. The second-order valence-electron chi connectivity index (χ2n) is 11.3. The molecule has 7 rings (SSSR count). The average molecular weight is 645 g/mol. The number of hydrogen-bond acceptors (Lipinski definition) is 6. The number of halogens is 2. The Morgan fingerprint density at radius 3 is 2.16 bits per heavy atom. The van der Waals surface area contributed by atoms with Gasteiger partial charge in [-0.2, -0.15) is 0 Å². The molecule has 11 heteroatoms. The fraction of sp³-hybridized carbons (Fsp3) is 0.235. The molecule has 230 valence electrons. The standard InChI is InChI=1S/C17H16ClN3O3.C17H15ClN2O/c1-10-5-3-8-14-15(10)19-17(20(14)9-11(2)22)12-6-4-7-13(18)16(12)21(23)24;1-10-5-3-8-14-15(10)19-17-12-6-4-7-13(18)16(12)21-11(2)9-20(14)17/h3-8,11,22H,9H2,1-2H3;3-8,11H,9H2,1-2H3. The number of fused-ring (bicyclic) bond motifs is 6. The Balaban J connectivity index is 0.000000160. The number of para-hydroxylation sites is 4. The van der Waals surface area contributed by atoms with E-state index in [-0.39, 0.29) is 23.4 Å². The average Bonchev–Trinajstić information content (AvgIpc) is 3.49. The van der Waals surface area contributed by atoms with Crippen molar-refractivity contribution in [3.8, 4) is 28.5 Å². The number of aliphatic hydroxyl groups excluding tert-OH is 1. The van der Waals surface area contributed by atoms with Crippen molar-refractivity contribution in [2.45, 2.75) is 53.0 Å². The summed E-state index contributed by atoms with van der Waals surface area (Å²) in [6.45, 7) is 8.78. The molecule has 1 aliphatic rings. The van der Waals surface area contributed by atoms with E-state index in [4.69, 9.17) is 32.9 Å². The topological polar surface area (TPSA) is 108 Å². The van der Waals surface area contributed by atoms with Crippen molar-refractivity contribution in [2.75, 3.05) is 0 Å². The molecule has 4 aromatic carbocycles. The summed E-state index contributed by atoms with van der Waals surface area (Å²) in [6.07, 6.45) is -0.581. The van der Waals surface area contributed by atoms with Gasteiger partial charge in [-0.1, -0.05) is 59.6 Å². The first-order valence-corrected chi connectivity index (χ1v) is 15.3. The van der Waals surface area contributed by atoms with Crippen molar-refractivity contribution >= 4 is 51.0 Å². The van der Waals surface area contributed by atoms with Gasteiger partial charge >= 0.3 is 0 Å². The maximum atomic E-state index is 11.5. The summed E-state index contributed by atoms with van der Waals surface area (Å²) in [6, 6.07) is 22.6. The number of nitro groups is 1. The van der Waals surface area contributed by atoms with Crippen molar-refractivity contribution in [1.29, 1.82) is 0 Å². The molecule has 0 bridgehead atoms. The lowest BCUT2D eigenvalue weighted by Gasteiger charge is -2.14. The van der Waals surface area contributed by atoms with Crippen LogP contribution in [0.3, 0.4) is 0 Å². The Morgan fingerprint density at radius 2 is 1.49 bits per heavy atom. The summed E-state index contributed by atoms with van der Waals surface area (Å²) in [5.41, 5.74) is 7.03. The van der Waals surface area contributed by atoms with Crippen LogP contribution in [0.1, 0.15) is 25.0 Å². The molecule has 0 spiro atoms. The van der Waals surface area contributed by atoms with Gasteiger partial charge in [0.1, 0.15) is 28.5 Å². The fourth-order valence-electron chi connectivity index (χ4n) is 5.80. The van der Waals surface area contributed by atoms with E-state index in [2.05, 4.69) is 41.6 Å². The first-order chi connectivity index (χ1) is 21.5. The molecule has 6 aromatic rings. The minimum atomic E-state index is -0.625. The maximum Gasteiger partial charge on any atom is 0.298 e. The lowest BCUT2D eigenvalue weighted by molar-refractivity contribution is -0.384. The van der Waals surface area contributed by atoms with Gasteiger partial charge in [-0.3, -0.25) is 10.1 Å². The molecule has 0 saturated heterocycles. The minimum absolute atomic E-state index is 0.0443. The van der Waals surface area contributed by atoms with Gasteiger partial charge in [0.05, 0.1) is 62.3 Å². The predicted molar refractivity (Wildman–Crippen MR) is 178 cm³/mol. The van der Waals surface area contributed by atoms with Crippen LogP contribution in [0.15, 0.2) is 72.8 Å². The van der Waals surface area contributed by atoms with Crippen molar-refractivity contribution in [3.63, 3.8) is 0 Å². The number of aromatic nitrogens is 4. The molecule has 2 atom stereocenters. The summed E-state index contributed by atoms with van der Waals surface area (Å²) >= 11 is 12.3. The Labute approximate surface area is 269 Å². The number of aliphatic hydroxyl groups is 1. The highest BCUT2D eigenvalue weighted by Gasteiger charge is 2.26. The molecule has 1 aliphatic heterocycles. The molecule has 9 nitrogen and oxygen atoms in total. The van der Waals surface area contributed by atoms with Gasteiger partial charge in [0.15, 0.2) is 0 Å². The molecule has 0 radical (unpaired) electrons. The van der Waals surface area contributed by atoms with Gasteiger partial charge in [-0.05, 0) is 75.2 Å². The van der Waals surface area contributed by atoms with Crippen molar-refractivity contribution < 1.29 is 14.8 Å². The zero-order valence-corrected chi connectivity index (χ0v) is 26.7. The maximum absolute atomic E-state index is 11.5. The SMILES string of the molecule is Cc1cccc2c1nc(-c1cccc(Cl)c1[N+](=O)[O-])n2CC(C)O.Cc1cccc2c1nc1n2CC(C)Oc2c(Cl)cccc2-1. The first kappa shape index (κ1) is 30.6. The molecule has 45 heavy (non-hydrogen) atoms. The van der Waals surface area contributed by atoms with Gasteiger partial charge in [0, 0.05) is 0 Å². The molecule has 0 fully saturated rings. The number of rotatable bonds is 4. The largest absolute Gasteiger partial charge is 0.487 e. The van der Waals surface area contributed by atoms with Gasteiger partial charge < -0.3 is 19.0 Å². The van der Waals surface area contributed by atoms with Crippen LogP contribution in [0.4, 0.5) is 5.69 Å². The Morgan fingerprint density at radius 1 is 0.911 bits per heavy atom. The van der Waals surface area contributed by atoms with Gasteiger partial charge in [0.25, 0.3) is 5.69 Å². The van der Waals surface area contributed by atoms with Crippen LogP contribution in [-0.4, -0.2) is 41.3 Å². The van der Waals surface area contributed by atoms with E-state index >= 15 is 0 Å². The van der Waals surface area contributed by atoms with Crippen LogP contribution >= 0.6 is 23.2 Å². The molecular weight excluding hydrogens is 613 g/mol. The number of benzene rings is 4.